The Labute approximate surface area is 173 Å². The highest BCUT2D eigenvalue weighted by molar-refractivity contribution is 5.92. The molecular formula is C21H22N4O5. The van der Waals surface area contributed by atoms with Gasteiger partial charge in [-0.25, -0.2) is 9.59 Å². The summed E-state index contributed by atoms with van der Waals surface area (Å²) in [4.78, 5) is 29.5. The maximum absolute atomic E-state index is 12.3. The number of aromatic nitrogens is 2. The van der Waals surface area contributed by atoms with Crippen molar-refractivity contribution in [3.05, 3.63) is 71.9 Å². The molecule has 0 spiro atoms. The first-order valence-corrected chi connectivity index (χ1v) is 9.25. The number of ether oxygens (including phenoxy) is 2. The quantitative estimate of drug-likeness (QED) is 0.569. The lowest BCUT2D eigenvalue weighted by molar-refractivity contribution is 0.0600. The molecule has 1 aromatic heterocycles. The second-order valence-corrected chi connectivity index (χ2v) is 6.38. The molecule has 0 aliphatic rings. The molecule has 3 aromatic rings. The second-order valence-electron chi connectivity index (χ2n) is 6.38. The fourth-order valence-electron chi connectivity index (χ4n) is 2.51. The molecule has 2 amide bonds. The average molecular weight is 410 g/mol. The lowest BCUT2D eigenvalue weighted by Gasteiger charge is -2.17. The predicted molar refractivity (Wildman–Crippen MR) is 108 cm³/mol. The Balaban J connectivity index is 1.44. The summed E-state index contributed by atoms with van der Waals surface area (Å²) in [6.07, 6.45) is 0.431. The number of hydrogen-bond acceptors (Lipinski definition) is 7. The van der Waals surface area contributed by atoms with Crippen LogP contribution in [0.3, 0.4) is 0 Å². The Morgan fingerprint density at radius 1 is 1.10 bits per heavy atom. The summed E-state index contributed by atoms with van der Waals surface area (Å²) in [5.74, 6) is 1.14. The van der Waals surface area contributed by atoms with Gasteiger partial charge in [-0.15, -0.1) is 0 Å². The van der Waals surface area contributed by atoms with E-state index in [1.54, 1.807) is 31.3 Å². The Hall–Kier alpha value is -3.88. The molecule has 9 heteroatoms. The summed E-state index contributed by atoms with van der Waals surface area (Å²) in [5, 5.41) is 6.67. The van der Waals surface area contributed by atoms with Crippen LogP contribution in [0.15, 0.2) is 59.1 Å². The first-order chi connectivity index (χ1) is 14.5. The Morgan fingerprint density at radius 3 is 2.53 bits per heavy atom. The molecule has 0 unspecified atom stereocenters. The van der Waals surface area contributed by atoms with Gasteiger partial charge in [0.2, 0.25) is 0 Å². The first kappa shape index (κ1) is 20.8. The van der Waals surface area contributed by atoms with Crippen molar-refractivity contribution in [2.45, 2.75) is 13.0 Å². The zero-order valence-corrected chi connectivity index (χ0v) is 16.7. The van der Waals surface area contributed by atoms with Gasteiger partial charge in [-0.05, 0) is 36.4 Å². The summed E-state index contributed by atoms with van der Waals surface area (Å²) in [6.45, 7) is 0.569. The number of benzene rings is 2. The smallest absolute Gasteiger partial charge is 0.337 e. The lowest BCUT2D eigenvalue weighted by Crippen LogP contribution is -2.33. The number of nitrogens with zero attached hydrogens (tertiary/aromatic N) is 3. The molecule has 30 heavy (non-hydrogen) atoms. The number of hydrogen-bond donors (Lipinski definition) is 1. The topological polar surface area (TPSA) is 107 Å². The molecule has 9 nitrogen and oxygen atoms in total. The van der Waals surface area contributed by atoms with Gasteiger partial charge in [-0.2, -0.15) is 4.98 Å². The molecular weight excluding hydrogens is 388 g/mol. The normalized spacial score (nSPS) is 10.3. The highest BCUT2D eigenvalue weighted by atomic mass is 16.5. The van der Waals surface area contributed by atoms with E-state index in [1.807, 2.05) is 30.3 Å². The Bertz CT molecular complexity index is 973. The Kier molecular flexibility index (Phi) is 6.99. The van der Waals surface area contributed by atoms with E-state index in [9.17, 15) is 9.59 Å². The van der Waals surface area contributed by atoms with Crippen LogP contribution < -0.4 is 10.1 Å². The molecule has 0 aliphatic carbocycles. The van der Waals surface area contributed by atoms with E-state index < -0.39 is 5.97 Å². The van der Waals surface area contributed by atoms with Gasteiger partial charge in [0.05, 0.1) is 12.7 Å². The maximum atomic E-state index is 12.3. The van der Waals surface area contributed by atoms with Gasteiger partial charge >= 0.3 is 12.0 Å². The van der Waals surface area contributed by atoms with E-state index in [0.717, 1.165) is 0 Å². The number of esters is 1. The van der Waals surface area contributed by atoms with Crippen LogP contribution in [0.25, 0.3) is 0 Å². The number of urea groups is 1. The standard InChI is InChI=1S/C21H22N4O5/c1-25(21(27)22-16-10-8-15(9-11-16)20(26)28-2)13-12-18-23-19(30-24-18)14-29-17-6-4-3-5-7-17/h3-11H,12-14H2,1-2H3,(H,22,27). The van der Waals surface area contributed by atoms with E-state index >= 15 is 0 Å². The van der Waals surface area contributed by atoms with Gasteiger partial charge < -0.3 is 24.2 Å². The summed E-state index contributed by atoms with van der Waals surface area (Å²) < 4.78 is 15.4. The summed E-state index contributed by atoms with van der Waals surface area (Å²) >= 11 is 0. The molecule has 0 aliphatic heterocycles. The van der Waals surface area contributed by atoms with Crippen LogP contribution in [0.4, 0.5) is 10.5 Å². The number of likely N-dealkylation sites (N-methyl/N-ethyl adjacent to an activating group) is 1. The van der Waals surface area contributed by atoms with Crippen LogP contribution in [-0.2, 0) is 17.8 Å². The van der Waals surface area contributed by atoms with Crippen LogP contribution in [0, 0.1) is 0 Å². The molecule has 3 rings (SSSR count). The first-order valence-electron chi connectivity index (χ1n) is 9.25. The maximum Gasteiger partial charge on any atom is 0.337 e. The van der Waals surface area contributed by atoms with Gasteiger partial charge in [0.15, 0.2) is 12.4 Å². The fraction of sp³-hybridized carbons (Fsp3) is 0.238. The molecule has 1 heterocycles. The van der Waals surface area contributed by atoms with E-state index in [-0.39, 0.29) is 12.6 Å². The summed E-state index contributed by atoms with van der Waals surface area (Å²) in [7, 11) is 2.98. The van der Waals surface area contributed by atoms with Crippen molar-refractivity contribution in [3.63, 3.8) is 0 Å². The van der Waals surface area contributed by atoms with Gasteiger partial charge in [-0.3, -0.25) is 0 Å². The SMILES string of the molecule is COC(=O)c1ccc(NC(=O)N(C)CCc2noc(COc3ccccc3)n2)cc1. The van der Waals surface area contributed by atoms with Crippen molar-refractivity contribution in [3.8, 4) is 5.75 Å². The third-order valence-electron chi connectivity index (χ3n) is 4.19. The van der Waals surface area contributed by atoms with Gasteiger partial charge in [0.1, 0.15) is 5.75 Å². The van der Waals surface area contributed by atoms with Crippen LogP contribution in [0.5, 0.6) is 5.75 Å². The van der Waals surface area contributed by atoms with E-state index in [1.165, 1.54) is 12.0 Å². The van der Waals surface area contributed by atoms with Crippen molar-refractivity contribution < 1.29 is 23.6 Å². The minimum Gasteiger partial charge on any atom is -0.484 e. The van der Waals surface area contributed by atoms with Gasteiger partial charge in [-0.1, -0.05) is 23.4 Å². The molecule has 0 saturated carbocycles. The molecule has 0 saturated heterocycles. The third-order valence-corrected chi connectivity index (χ3v) is 4.19. The van der Waals surface area contributed by atoms with Crippen molar-refractivity contribution in [1.29, 1.82) is 0 Å². The Morgan fingerprint density at radius 2 is 1.83 bits per heavy atom. The average Bonchev–Trinajstić information content (AvgIpc) is 3.24. The van der Waals surface area contributed by atoms with Crippen LogP contribution in [0.2, 0.25) is 0 Å². The minimum absolute atomic E-state index is 0.176. The second kappa shape index (κ2) is 10.1. The van der Waals surface area contributed by atoms with Crippen molar-refractivity contribution in [2.75, 3.05) is 26.0 Å². The highest BCUT2D eigenvalue weighted by Crippen LogP contribution is 2.12. The van der Waals surface area contributed by atoms with Crippen molar-refractivity contribution >= 4 is 17.7 Å². The number of carbonyl (C=O) groups excluding carboxylic acids is 2. The third kappa shape index (κ3) is 5.81. The molecule has 0 fully saturated rings. The zero-order chi connectivity index (χ0) is 21.3. The fourth-order valence-corrected chi connectivity index (χ4v) is 2.51. The zero-order valence-electron chi connectivity index (χ0n) is 16.7. The minimum atomic E-state index is -0.432. The molecule has 1 N–H and O–H groups in total. The van der Waals surface area contributed by atoms with Crippen molar-refractivity contribution in [1.82, 2.24) is 15.0 Å². The molecule has 0 atom stereocenters. The van der Waals surface area contributed by atoms with Crippen LogP contribution in [-0.4, -0.2) is 47.7 Å². The van der Waals surface area contributed by atoms with Gasteiger partial charge in [0, 0.05) is 25.7 Å². The van der Waals surface area contributed by atoms with Crippen molar-refractivity contribution in [2.24, 2.45) is 0 Å². The molecule has 0 bridgehead atoms. The van der Waals surface area contributed by atoms with Crippen LogP contribution >= 0.6 is 0 Å². The van der Waals surface area contributed by atoms with Crippen LogP contribution in [0.1, 0.15) is 22.1 Å². The number of rotatable bonds is 8. The molecule has 2 aromatic carbocycles. The largest absolute Gasteiger partial charge is 0.484 e. The monoisotopic (exact) mass is 410 g/mol. The number of amides is 2. The number of para-hydroxylation sites is 1. The molecule has 0 radical (unpaired) electrons. The number of nitrogens with one attached hydrogen (secondary N) is 1. The molecule has 156 valence electrons. The van der Waals surface area contributed by atoms with Gasteiger partial charge in [0.25, 0.3) is 5.89 Å². The highest BCUT2D eigenvalue weighted by Gasteiger charge is 2.13. The number of methoxy groups -OCH3 is 1. The lowest BCUT2D eigenvalue weighted by atomic mass is 10.2. The predicted octanol–water partition coefficient (Wildman–Crippen LogP) is 3.14. The summed E-state index contributed by atoms with van der Waals surface area (Å²) in [6, 6.07) is 15.5. The van der Waals surface area contributed by atoms with E-state index in [2.05, 4.69) is 20.2 Å². The number of carbonyl (C=O) groups is 2. The van der Waals surface area contributed by atoms with E-state index in [4.69, 9.17) is 9.26 Å². The summed E-state index contributed by atoms with van der Waals surface area (Å²) in [5.41, 5.74) is 0.979. The van der Waals surface area contributed by atoms with E-state index in [0.29, 0.717) is 41.7 Å². The number of anilines is 1.